The van der Waals surface area contributed by atoms with E-state index in [1.807, 2.05) is 55.4 Å². The van der Waals surface area contributed by atoms with Gasteiger partial charge in [-0.25, -0.2) is 0 Å². The van der Waals surface area contributed by atoms with Crippen molar-refractivity contribution in [2.75, 3.05) is 69.0 Å². The Kier molecular flexibility index (Phi) is 6.19. The van der Waals surface area contributed by atoms with Gasteiger partial charge in [-0.1, -0.05) is 0 Å². The molecule has 3 rings (SSSR count). The molecule has 2 aromatic rings. The lowest BCUT2D eigenvalue weighted by Gasteiger charge is -2.35. The van der Waals surface area contributed by atoms with Crippen molar-refractivity contribution in [3.63, 3.8) is 0 Å². The minimum atomic E-state index is 0.0329. The van der Waals surface area contributed by atoms with E-state index in [4.69, 9.17) is 4.74 Å². The Hall–Kier alpha value is -2.73. The van der Waals surface area contributed by atoms with Gasteiger partial charge in [-0.3, -0.25) is 9.69 Å². The monoisotopic (exact) mass is 368 g/mol. The lowest BCUT2D eigenvalue weighted by Crippen LogP contribution is -2.48. The zero-order valence-electron chi connectivity index (χ0n) is 16.3. The number of benzene rings is 2. The van der Waals surface area contributed by atoms with Gasteiger partial charge in [0.05, 0.1) is 13.7 Å². The molecule has 0 aromatic heterocycles. The number of hydrogen-bond acceptors (Lipinski definition) is 5. The lowest BCUT2D eigenvalue weighted by molar-refractivity contribution is -0.117. The minimum Gasteiger partial charge on any atom is -0.497 e. The Labute approximate surface area is 161 Å². The van der Waals surface area contributed by atoms with E-state index in [0.29, 0.717) is 6.54 Å². The molecule has 1 aliphatic heterocycles. The van der Waals surface area contributed by atoms with Crippen molar-refractivity contribution < 1.29 is 9.53 Å². The number of rotatable bonds is 6. The molecule has 6 nitrogen and oxygen atoms in total. The van der Waals surface area contributed by atoms with Gasteiger partial charge >= 0.3 is 0 Å². The summed E-state index contributed by atoms with van der Waals surface area (Å²) in [6.07, 6.45) is 0. The highest BCUT2D eigenvalue weighted by atomic mass is 16.5. The standard InChI is InChI=1S/C21H28N4O2/c1-23(2)18-6-4-17(5-7-18)22-21(26)16-24-12-14-25(15-13-24)19-8-10-20(27-3)11-9-19/h4-11H,12-16H2,1-3H3,(H,22,26). The summed E-state index contributed by atoms with van der Waals surface area (Å²) in [5.41, 5.74) is 3.14. The molecule has 0 saturated carbocycles. The van der Waals surface area contributed by atoms with E-state index in [2.05, 4.69) is 27.2 Å². The molecule has 1 N–H and O–H groups in total. The number of hydrogen-bond donors (Lipinski definition) is 1. The molecule has 144 valence electrons. The Morgan fingerprint density at radius 3 is 2.19 bits per heavy atom. The maximum Gasteiger partial charge on any atom is 0.238 e. The summed E-state index contributed by atoms with van der Waals surface area (Å²) in [5.74, 6) is 0.901. The SMILES string of the molecule is COc1ccc(N2CCN(CC(=O)Nc3ccc(N(C)C)cc3)CC2)cc1. The molecule has 0 radical (unpaired) electrons. The Morgan fingerprint density at radius 1 is 1.00 bits per heavy atom. The second-order valence-electron chi connectivity index (χ2n) is 6.95. The van der Waals surface area contributed by atoms with Crippen LogP contribution in [-0.4, -0.2) is 64.7 Å². The zero-order chi connectivity index (χ0) is 19.2. The number of ether oxygens (including phenoxy) is 1. The molecule has 1 saturated heterocycles. The van der Waals surface area contributed by atoms with Crippen molar-refractivity contribution in [2.24, 2.45) is 0 Å². The first kappa shape index (κ1) is 19.0. The summed E-state index contributed by atoms with van der Waals surface area (Å²) in [4.78, 5) is 18.9. The molecule has 1 aliphatic rings. The van der Waals surface area contributed by atoms with Crippen molar-refractivity contribution in [3.05, 3.63) is 48.5 Å². The van der Waals surface area contributed by atoms with Gasteiger partial charge in [-0.2, -0.15) is 0 Å². The van der Waals surface area contributed by atoms with Crippen LogP contribution < -0.4 is 19.9 Å². The van der Waals surface area contributed by atoms with Crippen molar-refractivity contribution >= 4 is 23.0 Å². The summed E-state index contributed by atoms with van der Waals surface area (Å²) in [7, 11) is 5.67. The van der Waals surface area contributed by atoms with Crippen molar-refractivity contribution in [3.8, 4) is 5.75 Å². The van der Waals surface area contributed by atoms with Crippen molar-refractivity contribution in [1.29, 1.82) is 0 Å². The molecule has 0 unspecified atom stereocenters. The number of nitrogens with one attached hydrogen (secondary N) is 1. The summed E-state index contributed by atoms with van der Waals surface area (Å²) >= 11 is 0. The second-order valence-corrected chi connectivity index (χ2v) is 6.95. The summed E-state index contributed by atoms with van der Waals surface area (Å²) in [6, 6.07) is 16.0. The van der Waals surface area contributed by atoms with Gasteiger partial charge in [-0.15, -0.1) is 0 Å². The van der Waals surface area contributed by atoms with E-state index in [-0.39, 0.29) is 5.91 Å². The third kappa shape index (κ3) is 5.14. The molecule has 1 amide bonds. The number of piperazine rings is 1. The van der Waals surface area contributed by atoms with Gasteiger partial charge in [0.2, 0.25) is 5.91 Å². The second kappa shape index (κ2) is 8.77. The number of nitrogens with zero attached hydrogens (tertiary/aromatic N) is 3. The van der Waals surface area contributed by atoms with Crippen LogP contribution in [0, 0.1) is 0 Å². The maximum absolute atomic E-state index is 12.3. The Morgan fingerprint density at radius 2 is 1.63 bits per heavy atom. The highest BCUT2D eigenvalue weighted by Gasteiger charge is 2.19. The van der Waals surface area contributed by atoms with Gasteiger partial charge in [-0.05, 0) is 48.5 Å². The number of carbonyl (C=O) groups excluding carboxylic acids is 1. The Balaban J connectivity index is 1.46. The van der Waals surface area contributed by atoms with E-state index >= 15 is 0 Å². The first-order valence-electron chi connectivity index (χ1n) is 9.24. The molecule has 0 atom stereocenters. The summed E-state index contributed by atoms with van der Waals surface area (Å²) in [5, 5.41) is 2.98. The van der Waals surface area contributed by atoms with Crippen LogP contribution in [0.3, 0.4) is 0 Å². The number of anilines is 3. The predicted octanol–water partition coefficient (Wildman–Crippen LogP) is 2.52. The molecule has 6 heteroatoms. The van der Waals surface area contributed by atoms with E-state index in [9.17, 15) is 4.79 Å². The molecular weight excluding hydrogens is 340 g/mol. The predicted molar refractivity (Wildman–Crippen MR) is 111 cm³/mol. The first-order chi connectivity index (χ1) is 13.0. The smallest absolute Gasteiger partial charge is 0.238 e. The fraction of sp³-hybridized carbons (Fsp3) is 0.381. The van der Waals surface area contributed by atoms with E-state index < -0.39 is 0 Å². The highest BCUT2D eigenvalue weighted by Crippen LogP contribution is 2.20. The first-order valence-corrected chi connectivity index (χ1v) is 9.24. The van der Waals surface area contributed by atoms with Crippen LogP contribution in [0.25, 0.3) is 0 Å². The lowest BCUT2D eigenvalue weighted by atomic mass is 10.2. The quantitative estimate of drug-likeness (QED) is 0.849. The van der Waals surface area contributed by atoms with Crippen LogP contribution in [-0.2, 0) is 4.79 Å². The molecule has 0 bridgehead atoms. The normalized spacial score (nSPS) is 14.7. The third-order valence-electron chi connectivity index (χ3n) is 4.84. The fourth-order valence-electron chi connectivity index (χ4n) is 3.20. The average molecular weight is 368 g/mol. The van der Waals surface area contributed by atoms with Crippen LogP contribution in [0.5, 0.6) is 5.75 Å². The van der Waals surface area contributed by atoms with Crippen LogP contribution >= 0.6 is 0 Å². The fourth-order valence-corrected chi connectivity index (χ4v) is 3.20. The number of methoxy groups -OCH3 is 1. The van der Waals surface area contributed by atoms with E-state index in [1.165, 1.54) is 5.69 Å². The average Bonchev–Trinajstić information content (AvgIpc) is 2.69. The van der Waals surface area contributed by atoms with Crippen LogP contribution in [0.2, 0.25) is 0 Å². The summed E-state index contributed by atoms with van der Waals surface area (Å²) in [6.45, 7) is 4.00. The maximum atomic E-state index is 12.3. The molecule has 1 fully saturated rings. The third-order valence-corrected chi connectivity index (χ3v) is 4.84. The van der Waals surface area contributed by atoms with Gasteiger partial charge in [0.15, 0.2) is 0 Å². The molecule has 2 aromatic carbocycles. The van der Waals surface area contributed by atoms with Crippen LogP contribution in [0.15, 0.2) is 48.5 Å². The zero-order valence-corrected chi connectivity index (χ0v) is 16.3. The topological polar surface area (TPSA) is 48.1 Å². The van der Waals surface area contributed by atoms with Gasteiger partial charge in [0.25, 0.3) is 0 Å². The van der Waals surface area contributed by atoms with Gasteiger partial charge in [0.1, 0.15) is 5.75 Å². The molecule has 0 spiro atoms. The molecular formula is C21H28N4O2. The Bertz CT molecular complexity index is 736. The highest BCUT2D eigenvalue weighted by molar-refractivity contribution is 5.92. The van der Waals surface area contributed by atoms with E-state index in [1.54, 1.807) is 7.11 Å². The van der Waals surface area contributed by atoms with Crippen LogP contribution in [0.1, 0.15) is 0 Å². The number of amides is 1. The van der Waals surface area contributed by atoms with Crippen LogP contribution in [0.4, 0.5) is 17.1 Å². The van der Waals surface area contributed by atoms with Gasteiger partial charge < -0.3 is 19.9 Å². The molecule has 27 heavy (non-hydrogen) atoms. The minimum absolute atomic E-state index is 0.0329. The molecule has 0 aliphatic carbocycles. The molecule has 1 heterocycles. The van der Waals surface area contributed by atoms with Gasteiger partial charge in [0, 0.05) is 57.3 Å². The summed E-state index contributed by atoms with van der Waals surface area (Å²) < 4.78 is 5.21. The van der Waals surface area contributed by atoms with Crippen molar-refractivity contribution in [2.45, 2.75) is 0 Å². The largest absolute Gasteiger partial charge is 0.497 e. The van der Waals surface area contributed by atoms with Crippen molar-refractivity contribution in [1.82, 2.24) is 4.90 Å². The van der Waals surface area contributed by atoms with E-state index in [0.717, 1.165) is 43.3 Å². The number of carbonyl (C=O) groups is 1.